The lowest BCUT2D eigenvalue weighted by molar-refractivity contribution is -0.139. The molecule has 1 atom stereocenters. The highest BCUT2D eigenvalue weighted by molar-refractivity contribution is 5.73. The van der Waals surface area contributed by atoms with Crippen molar-refractivity contribution in [1.82, 2.24) is 5.32 Å². The summed E-state index contributed by atoms with van der Waals surface area (Å²) in [5.41, 5.74) is 10.7. The summed E-state index contributed by atoms with van der Waals surface area (Å²) in [6.07, 6.45) is 1.61. The number of carboxylic acids is 1. The highest BCUT2D eigenvalue weighted by Gasteiger charge is 2.17. The Bertz CT molecular complexity index is 171. The van der Waals surface area contributed by atoms with E-state index in [4.69, 9.17) is 16.6 Å². The number of nitrogens with two attached hydrogens (primary N) is 2. The first-order chi connectivity index (χ1) is 6.43. The predicted octanol–water partition coefficient (Wildman–Crippen LogP) is -0.149. The average Bonchev–Trinajstić information content (AvgIpc) is 2.00. The van der Waals surface area contributed by atoms with Crippen LogP contribution in [0.25, 0.3) is 0 Å². The maximum atomic E-state index is 10.8. The number of carbonyl (C=O) groups is 1. The van der Waals surface area contributed by atoms with E-state index in [1.807, 2.05) is 13.8 Å². The molecule has 0 spiro atoms. The van der Waals surface area contributed by atoms with E-state index in [1.54, 1.807) is 0 Å². The van der Waals surface area contributed by atoms with E-state index in [2.05, 4.69) is 5.32 Å². The normalized spacial score (nSPS) is 13.6. The SMILES string of the molecule is CC(C)N[C@@H](CCCC(N)N)C(=O)O. The Morgan fingerprint density at radius 2 is 1.93 bits per heavy atom. The first-order valence-electron chi connectivity index (χ1n) is 4.93. The summed E-state index contributed by atoms with van der Waals surface area (Å²) >= 11 is 0. The smallest absolute Gasteiger partial charge is 0.320 e. The summed E-state index contributed by atoms with van der Waals surface area (Å²) in [4.78, 5) is 10.8. The third kappa shape index (κ3) is 6.82. The molecular weight excluding hydrogens is 182 g/mol. The molecule has 5 heteroatoms. The Kier molecular flexibility index (Phi) is 6.44. The molecule has 0 aromatic rings. The third-order valence-corrected chi connectivity index (χ3v) is 1.86. The van der Waals surface area contributed by atoms with Crippen LogP contribution in [0, 0.1) is 0 Å². The Balaban J connectivity index is 3.80. The largest absolute Gasteiger partial charge is 0.480 e. The first kappa shape index (κ1) is 13.4. The number of rotatable bonds is 7. The molecule has 0 rings (SSSR count). The van der Waals surface area contributed by atoms with Gasteiger partial charge in [0, 0.05) is 6.04 Å². The Labute approximate surface area is 84.8 Å². The molecule has 0 amide bonds. The zero-order valence-corrected chi connectivity index (χ0v) is 8.86. The molecule has 0 aliphatic heterocycles. The summed E-state index contributed by atoms with van der Waals surface area (Å²) < 4.78 is 0. The van der Waals surface area contributed by atoms with E-state index in [1.165, 1.54) is 0 Å². The summed E-state index contributed by atoms with van der Waals surface area (Å²) in [7, 11) is 0. The lowest BCUT2D eigenvalue weighted by Gasteiger charge is -2.17. The first-order valence-corrected chi connectivity index (χ1v) is 4.93. The van der Waals surface area contributed by atoms with E-state index in [0.717, 1.165) is 6.42 Å². The van der Waals surface area contributed by atoms with Gasteiger partial charge in [-0.2, -0.15) is 0 Å². The van der Waals surface area contributed by atoms with Gasteiger partial charge in [-0.3, -0.25) is 4.79 Å². The molecule has 0 saturated carbocycles. The summed E-state index contributed by atoms with van der Waals surface area (Å²) in [6.45, 7) is 3.84. The summed E-state index contributed by atoms with van der Waals surface area (Å²) in [6, 6.07) is -0.323. The topological polar surface area (TPSA) is 101 Å². The van der Waals surface area contributed by atoms with Crippen molar-refractivity contribution in [1.29, 1.82) is 0 Å². The highest BCUT2D eigenvalue weighted by Crippen LogP contribution is 2.02. The van der Waals surface area contributed by atoms with Crippen LogP contribution in [0.5, 0.6) is 0 Å². The maximum absolute atomic E-state index is 10.8. The molecule has 0 saturated heterocycles. The zero-order valence-electron chi connectivity index (χ0n) is 8.86. The van der Waals surface area contributed by atoms with Crippen LogP contribution in [-0.4, -0.2) is 29.3 Å². The second kappa shape index (κ2) is 6.75. The van der Waals surface area contributed by atoms with Gasteiger partial charge in [0.25, 0.3) is 0 Å². The zero-order chi connectivity index (χ0) is 11.1. The van der Waals surface area contributed by atoms with Crippen LogP contribution >= 0.6 is 0 Å². The van der Waals surface area contributed by atoms with Crippen molar-refractivity contribution in [2.24, 2.45) is 11.5 Å². The average molecular weight is 203 g/mol. The lowest BCUT2D eigenvalue weighted by Crippen LogP contribution is -2.41. The van der Waals surface area contributed by atoms with Crippen LogP contribution in [0.2, 0.25) is 0 Å². The molecule has 0 fully saturated rings. The van der Waals surface area contributed by atoms with Gasteiger partial charge in [0.2, 0.25) is 0 Å². The van der Waals surface area contributed by atoms with Crippen molar-refractivity contribution in [2.45, 2.75) is 51.4 Å². The predicted molar refractivity (Wildman–Crippen MR) is 55.7 cm³/mol. The molecule has 0 aliphatic rings. The number of hydrogen-bond donors (Lipinski definition) is 4. The van der Waals surface area contributed by atoms with Gasteiger partial charge < -0.3 is 21.9 Å². The Hall–Kier alpha value is -0.650. The fourth-order valence-electron chi connectivity index (χ4n) is 1.24. The Morgan fingerprint density at radius 1 is 1.36 bits per heavy atom. The molecule has 84 valence electrons. The van der Waals surface area contributed by atoms with Crippen LogP contribution in [0.4, 0.5) is 0 Å². The van der Waals surface area contributed by atoms with Crippen molar-refractivity contribution in [3.05, 3.63) is 0 Å². The van der Waals surface area contributed by atoms with E-state index in [0.29, 0.717) is 12.8 Å². The number of nitrogens with one attached hydrogen (secondary N) is 1. The van der Waals surface area contributed by atoms with Crippen LogP contribution in [-0.2, 0) is 4.79 Å². The minimum Gasteiger partial charge on any atom is -0.480 e. The Morgan fingerprint density at radius 3 is 2.29 bits per heavy atom. The molecule has 6 N–H and O–H groups in total. The van der Waals surface area contributed by atoms with Crippen LogP contribution in [0.3, 0.4) is 0 Å². The molecule has 0 aromatic heterocycles. The molecule has 0 bridgehead atoms. The van der Waals surface area contributed by atoms with Crippen molar-refractivity contribution in [3.63, 3.8) is 0 Å². The van der Waals surface area contributed by atoms with Crippen LogP contribution in [0.1, 0.15) is 33.1 Å². The van der Waals surface area contributed by atoms with Crippen molar-refractivity contribution in [2.75, 3.05) is 0 Å². The summed E-state index contributed by atoms with van der Waals surface area (Å²) in [5.74, 6) is -0.815. The van der Waals surface area contributed by atoms with E-state index in [9.17, 15) is 4.79 Å². The van der Waals surface area contributed by atoms with Crippen molar-refractivity contribution >= 4 is 5.97 Å². The van der Waals surface area contributed by atoms with Gasteiger partial charge in [0.1, 0.15) is 6.04 Å². The van der Waals surface area contributed by atoms with E-state index < -0.39 is 12.0 Å². The second-order valence-corrected chi connectivity index (χ2v) is 3.81. The molecule has 5 nitrogen and oxygen atoms in total. The minimum absolute atomic E-state index is 0.169. The molecule has 0 aromatic carbocycles. The second-order valence-electron chi connectivity index (χ2n) is 3.81. The van der Waals surface area contributed by atoms with Crippen molar-refractivity contribution in [3.8, 4) is 0 Å². The molecule has 14 heavy (non-hydrogen) atoms. The third-order valence-electron chi connectivity index (χ3n) is 1.86. The lowest BCUT2D eigenvalue weighted by atomic mass is 10.1. The van der Waals surface area contributed by atoms with Gasteiger partial charge in [-0.1, -0.05) is 13.8 Å². The van der Waals surface area contributed by atoms with Gasteiger partial charge in [-0.05, 0) is 19.3 Å². The van der Waals surface area contributed by atoms with E-state index >= 15 is 0 Å². The summed E-state index contributed by atoms with van der Waals surface area (Å²) in [5, 5.41) is 11.8. The van der Waals surface area contributed by atoms with E-state index in [-0.39, 0.29) is 12.2 Å². The quantitative estimate of drug-likeness (QED) is 0.431. The van der Waals surface area contributed by atoms with Gasteiger partial charge in [0.05, 0.1) is 6.17 Å². The van der Waals surface area contributed by atoms with Gasteiger partial charge >= 0.3 is 5.97 Å². The van der Waals surface area contributed by atoms with Gasteiger partial charge in [-0.25, -0.2) is 0 Å². The standard InChI is InChI=1S/C9H21N3O2/c1-6(2)12-7(9(13)14)4-3-5-8(10)11/h6-8,12H,3-5,10-11H2,1-2H3,(H,13,14)/t7-/m0/s1. The molecule has 0 aliphatic carbocycles. The maximum Gasteiger partial charge on any atom is 0.320 e. The monoisotopic (exact) mass is 203 g/mol. The van der Waals surface area contributed by atoms with Gasteiger partial charge in [-0.15, -0.1) is 0 Å². The molecule has 0 radical (unpaired) electrons. The highest BCUT2D eigenvalue weighted by atomic mass is 16.4. The number of hydrogen-bond acceptors (Lipinski definition) is 4. The minimum atomic E-state index is -0.815. The van der Waals surface area contributed by atoms with Crippen LogP contribution < -0.4 is 16.8 Å². The number of aliphatic carboxylic acids is 1. The fraction of sp³-hybridized carbons (Fsp3) is 0.889. The number of carboxylic acid groups (broad SMARTS) is 1. The molecule has 0 unspecified atom stereocenters. The van der Waals surface area contributed by atoms with Crippen molar-refractivity contribution < 1.29 is 9.90 Å². The fourth-order valence-corrected chi connectivity index (χ4v) is 1.24. The van der Waals surface area contributed by atoms with Gasteiger partial charge in [0.15, 0.2) is 0 Å². The van der Waals surface area contributed by atoms with Crippen LogP contribution in [0.15, 0.2) is 0 Å². The molecular formula is C9H21N3O2. The molecule has 0 heterocycles.